The van der Waals surface area contributed by atoms with Crippen molar-refractivity contribution in [2.75, 3.05) is 5.32 Å². The van der Waals surface area contributed by atoms with Crippen molar-refractivity contribution in [2.45, 2.75) is 27.0 Å². The fraction of sp³-hybridized carbons (Fsp3) is 0.222. The van der Waals surface area contributed by atoms with E-state index in [9.17, 15) is 4.79 Å². The topological polar surface area (TPSA) is 76.7 Å². The third kappa shape index (κ3) is 4.57. The molecular formula is C18H21N3O2. The minimum Gasteiger partial charge on any atom is -0.438 e. The largest absolute Gasteiger partial charge is 0.438 e. The predicted molar refractivity (Wildman–Crippen MR) is 92.3 cm³/mol. The molecule has 0 radical (unpaired) electrons. The lowest BCUT2D eigenvalue weighted by atomic mass is 10.1. The molecule has 0 spiro atoms. The van der Waals surface area contributed by atoms with Crippen LogP contribution < -0.4 is 11.2 Å². The van der Waals surface area contributed by atoms with E-state index >= 15 is 0 Å². The molecule has 0 saturated heterocycles. The zero-order valence-corrected chi connectivity index (χ0v) is 13.5. The molecule has 2 aromatic carbocycles. The van der Waals surface area contributed by atoms with Gasteiger partial charge in [-0.1, -0.05) is 30.3 Å². The molecule has 0 bridgehead atoms. The van der Waals surface area contributed by atoms with Crippen molar-refractivity contribution in [3.05, 3.63) is 64.7 Å². The first-order valence-corrected chi connectivity index (χ1v) is 7.34. The van der Waals surface area contributed by atoms with Crippen LogP contribution in [0.5, 0.6) is 0 Å². The van der Waals surface area contributed by atoms with E-state index in [-0.39, 0.29) is 5.97 Å². The number of aryl methyl sites for hydroxylation is 2. The first-order valence-electron chi connectivity index (χ1n) is 7.34. The molecule has 0 amide bonds. The van der Waals surface area contributed by atoms with Gasteiger partial charge in [-0.15, -0.1) is 0 Å². The highest BCUT2D eigenvalue weighted by Crippen LogP contribution is 2.23. The van der Waals surface area contributed by atoms with Gasteiger partial charge in [0.05, 0.1) is 6.21 Å². The molecule has 120 valence electrons. The highest BCUT2D eigenvalue weighted by atomic mass is 16.6. The number of rotatable bonds is 5. The van der Waals surface area contributed by atoms with E-state index in [0.29, 0.717) is 0 Å². The van der Waals surface area contributed by atoms with Crippen LogP contribution in [0.1, 0.15) is 35.4 Å². The maximum absolute atomic E-state index is 11.4. The van der Waals surface area contributed by atoms with E-state index in [4.69, 9.17) is 10.6 Å². The molecule has 0 aliphatic heterocycles. The molecule has 1 unspecified atom stereocenters. The Labute approximate surface area is 136 Å². The summed E-state index contributed by atoms with van der Waals surface area (Å²) in [4.78, 5) is 11.4. The average molecular weight is 311 g/mol. The quantitative estimate of drug-likeness (QED) is 0.292. The summed E-state index contributed by atoms with van der Waals surface area (Å²) in [6.45, 7) is 5.48. The zero-order valence-electron chi connectivity index (χ0n) is 13.5. The van der Waals surface area contributed by atoms with Crippen LogP contribution in [0.15, 0.2) is 47.6 Å². The van der Waals surface area contributed by atoms with Crippen LogP contribution in [-0.2, 0) is 9.53 Å². The van der Waals surface area contributed by atoms with Gasteiger partial charge in [0, 0.05) is 18.2 Å². The second kappa shape index (κ2) is 7.45. The summed E-state index contributed by atoms with van der Waals surface area (Å²) in [5.74, 6) is 4.79. The highest BCUT2D eigenvalue weighted by Gasteiger charge is 2.15. The smallest absolute Gasteiger partial charge is 0.304 e. The molecule has 0 aliphatic rings. The molecule has 5 nitrogen and oxygen atoms in total. The first-order chi connectivity index (χ1) is 11.0. The van der Waals surface area contributed by atoms with E-state index in [0.717, 1.165) is 22.4 Å². The molecule has 2 rings (SSSR count). The van der Waals surface area contributed by atoms with Gasteiger partial charge in [0.2, 0.25) is 0 Å². The summed E-state index contributed by atoms with van der Waals surface area (Å²) in [6, 6.07) is 13.5. The van der Waals surface area contributed by atoms with Crippen LogP contribution in [0.4, 0.5) is 5.69 Å². The van der Waals surface area contributed by atoms with Gasteiger partial charge in [-0.05, 0) is 42.7 Å². The van der Waals surface area contributed by atoms with E-state index in [1.54, 1.807) is 6.21 Å². The molecule has 1 atom stereocenters. The lowest BCUT2D eigenvalue weighted by molar-refractivity contribution is -0.145. The number of carbonyl (C=O) groups is 1. The van der Waals surface area contributed by atoms with Crippen LogP contribution in [0.2, 0.25) is 0 Å². The third-order valence-electron chi connectivity index (χ3n) is 3.55. The Kier molecular flexibility index (Phi) is 5.36. The van der Waals surface area contributed by atoms with E-state index in [1.807, 2.05) is 56.3 Å². The van der Waals surface area contributed by atoms with Gasteiger partial charge >= 0.3 is 5.97 Å². The molecule has 2 aromatic rings. The van der Waals surface area contributed by atoms with Crippen molar-refractivity contribution in [3.63, 3.8) is 0 Å². The van der Waals surface area contributed by atoms with E-state index in [2.05, 4.69) is 10.4 Å². The summed E-state index contributed by atoms with van der Waals surface area (Å²) >= 11 is 0. The predicted octanol–water partition coefficient (Wildman–Crippen LogP) is 3.27. The van der Waals surface area contributed by atoms with Crippen LogP contribution >= 0.6 is 0 Å². The summed E-state index contributed by atoms with van der Waals surface area (Å²) < 4.78 is 5.42. The maximum atomic E-state index is 11.4. The van der Waals surface area contributed by atoms with Crippen molar-refractivity contribution in [1.82, 2.24) is 0 Å². The Morgan fingerprint density at radius 2 is 1.87 bits per heavy atom. The number of nitrogens with two attached hydrogens (primary N) is 1. The third-order valence-corrected chi connectivity index (χ3v) is 3.55. The zero-order chi connectivity index (χ0) is 16.8. The molecular weight excluding hydrogens is 290 g/mol. The molecule has 0 heterocycles. The van der Waals surface area contributed by atoms with Crippen LogP contribution in [0.3, 0.4) is 0 Å². The molecule has 0 fully saturated rings. The van der Waals surface area contributed by atoms with Gasteiger partial charge < -0.3 is 15.9 Å². The second-order valence-electron chi connectivity index (χ2n) is 5.38. The number of anilines is 1. The molecule has 0 saturated carbocycles. The molecule has 5 heteroatoms. The fourth-order valence-electron chi connectivity index (χ4n) is 2.18. The Bertz CT molecular complexity index is 709. The Balaban J connectivity index is 2.24. The van der Waals surface area contributed by atoms with Crippen LogP contribution in [0.25, 0.3) is 0 Å². The number of hydrogen-bond donors (Lipinski definition) is 2. The van der Waals surface area contributed by atoms with Gasteiger partial charge in [0.15, 0.2) is 6.23 Å². The Hall–Kier alpha value is -2.82. The molecule has 23 heavy (non-hydrogen) atoms. The minimum atomic E-state index is -0.541. The maximum Gasteiger partial charge on any atom is 0.304 e. The van der Waals surface area contributed by atoms with Gasteiger partial charge in [0.25, 0.3) is 0 Å². The Morgan fingerprint density at radius 1 is 1.17 bits per heavy atom. The van der Waals surface area contributed by atoms with Crippen LogP contribution in [-0.4, -0.2) is 12.2 Å². The number of esters is 1. The van der Waals surface area contributed by atoms with Crippen molar-refractivity contribution in [3.8, 4) is 0 Å². The van der Waals surface area contributed by atoms with Gasteiger partial charge in [0.1, 0.15) is 0 Å². The van der Waals surface area contributed by atoms with Crippen LogP contribution in [0, 0.1) is 13.8 Å². The number of hydrogen-bond acceptors (Lipinski definition) is 5. The van der Waals surface area contributed by atoms with Crippen molar-refractivity contribution >= 4 is 17.9 Å². The number of ether oxygens (including phenoxy) is 1. The number of nitrogens with one attached hydrogen (secondary N) is 1. The summed E-state index contributed by atoms with van der Waals surface area (Å²) in [5.41, 5.74) is 4.98. The summed E-state index contributed by atoms with van der Waals surface area (Å²) in [5, 5.41) is 6.71. The monoisotopic (exact) mass is 311 g/mol. The van der Waals surface area contributed by atoms with Gasteiger partial charge in [-0.3, -0.25) is 4.79 Å². The lowest BCUT2D eigenvalue weighted by Crippen LogP contribution is -2.17. The van der Waals surface area contributed by atoms with Crippen molar-refractivity contribution in [2.24, 2.45) is 10.9 Å². The average Bonchev–Trinajstić information content (AvgIpc) is 2.51. The summed E-state index contributed by atoms with van der Waals surface area (Å²) in [7, 11) is 0. The fourth-order valence-corrected chi connectivity index (χ4v) is 2.18. The number of carbonyl (C=O) groups excluding carboxylic acids is 1. The number of benzene rings is 2. The van der Waals surface area contributed by atoms with E-state index < -0.39 is 6.23 Å². The SMILES string of the molecule is CC(=O)OC(Nc1ccc(C=NN)cc1)c1ccc(C)c(C)c1. The number of nitrogens with zero attached hydrogens (tertiary/aromatic N) is 1. The first kappa shape index (κ1) is 16.5. The Morgan fingerprint density at radius 3 is 2.43 bits per heavy atom. The highest BCUT2D eigenvalue weighted by molar-refractivity contribution is 5.80. The normalized spacial score (nSPS) is 12.1. The lowest BCUT2D eigenvalue weighted by Gasteiger charge is -2.21. The van der Waals surface area contributed by atoms with Crippen molar-refractivity contribution < 1.29 is 9.53 Å². The summed E-state index contributed by atoms with van der Waals surface area (Å²) in [6.07, 6.45) is 1.03. The van der Waals surface area contributed by atoms with Crippen molar-refractivity contribution in [1.29, 1.82) is 0 Å². The van der Waals surface area contributed by atoms with Gasteiger partial charge in [-0.25, -0.2) is 0 Å². The standard InChI is InChI=1S/C18H21N3O2/c1-12-4-7-16(10-13(12)2)18(23-14(3)22)21-17-8-5-15(6-9-17)11-20-19/h4-11,18,21H,19H2,1-3H3. The molecule has 3 N–H and O–H groups in total. The minimum absolute atomic E-state index is 0.340. The number of hydrazone groups is 1. The molecule has 0 aliphatic carbocycles. The molecule has 0 aromatic heterocycles. The second-order valence-corrected chi connectivity index (χ2v) is 5.38. The van der Waals surface area contributed by atoms with E-state index in [1.165, 1.54) is 12.5 Å². The van der Waals surface area contributed by atoms with Gasteiger partial charge in [-0.2, -0.15) is 5.10 Å².